The van der Waals surface area contributed by atoms with Gasteiger partial charge in [0.1, 0.15) is 0 Å². The van der Waals surface area contributed by atoms with Crippen LogP contribution in [0.2, 0.25) is 0 Å². The average molecular weight is 451 g/mol. The summed E-state index contributed by atoms with van der Waals surface area (Å²) >= 11 is 5.17. The van der Waals surface area contributed by atoms with Gasteiger partial charge in [0.2, 0.25) is 0 Å². The number of hydrogen-bond acceptors (Lipinski definition) is 4. The SMILES string of the molecule is CCc1ccc(-n2c(SCc3ccc(Br)cc3)nnc2-c2ccncc2)cc1. The maximum atomic E-state index is 4.49. The molecule has 28 heavy (non-hydrogen) atoms. The zero-order chi connectivity index (χ0) is 19.3. The van der Waals surface area contributed by atoms with Gasteiger partial charge < -0.3 is 0 Å². The Morgan fingerprint density at radius 3 is 2.21 bits per heavy atom. The summed E-state index contributed by atoms with van der Waals surface area (Å²) < 4.78 is 3.21. The molecule has 0 aliphatic heterocycles. The summed E-state index contributed by atoms with van der Waals surface area (Å²) in [5.74, 6) is 1.65. The molecular weight excluding hydrogens is 432 g/mol. The van der Waals surface area contributed by atoms with E-state index in [0.717, 1.165) is 38.9 Å². The Morgan fingerprint density at radius 1 is 0.857 bits per heavy atom. The molecule has 6 heteroatoms. The van der Waals surface area contributed by atoms with Crippen LogP contribution in [0.3, 0.4) is 0 Å². The van der Waals surface area contributed by atoms with Crippen LogP contribution in [0.15, 0.2) is 82.7 Å². The molecule has 0 unspecified atom stereocenters. The molecule has 0 fully saturated rings. The number of thioether (sulfide) groups is 1. The highest BCUT2D eigenvalue weighted by Gasteiger charge is 2.16. The molecule has 0 N–H and O–H groups in total. The Hall–Kier alpha value is -2.44. The lowest BCUT2D eigenvalue weighted by atomic mass is 10.1. The van der Waals surface area contributed by atoms with Gasteiger partial charge >= 0.3 is 0 Å². The molecule has 0 spiro atoms. The van der Waals surface area contributed by atoms with Crippen LogP contribution in [0.1, 0.15) is 18.1 Å². The molecule has 0 amide bonds. The Balaban J connectivity index is 1.71. The maximum absolute atomic E-state index is 4.49. The molecule has 4 rings (SSSR count). The van der Waals surface area contributed by atoms with Crippen molar-refractivity contribution in [2.45, 2.75) is 24.3 Å². The number of halogens is 1. The lowest BCUT2D eigenvalue weighted by Gasteiger charge is -2.11. The number of rotatable bonds is 6. The van der Waals surface area contributed by atoms with Gasteiger partial charge in [0.25, 0.3) is 0 Å². The summed E-state index contributed by atoms with van der Waals surface area (Å²) in [6.07, 6.45) is 4.58. The van der Waals surface area contributed by atoms with Gasteiger partial charge in [0.05, 0.1) is 0 Å². The van der Waals surface area contributed by atoms with Crippen molar-refractivity contribution in [1.29, 1.82) is 0 Å². The van der Waals surface area contributed by atoms with E-state index in [-0.39, 0.29) is 0 Å². The summed E-state index contributed by atoms with van der Waals surface area (Å²) in [7, 11) is 0. The molecule has 2 aromatic carbocycles. The first-order chi connectivity index (χ1) is 13.7. The normalized spacial score (nSPS) is 10.9. The first kappa shape index (κ1) is 18.9. The van der Waals surface area contributed by atoms with Crippen LogP contribution in [0.4, 0.5) is 0 Å². The molecule has 4 nitrogen and oxygen atoms in total. The number of aryl methyl sites for hydroxylation is 1. The summed E-state index contributed by atoms with van der Waals surface area (Å²) in [5, 5.41) is 9.85. The lowest BCUT2D eigenvalue weighted by Crippen LogP contribution is -2.00. The number of hydrogen-bond donors (Lipinski definition) is 0. The Kier molecular flexibility index (Phi) is 5.88. The van der Waals surface area contributed by atoms with E-state index >= 15 is 0 Å². The van der Waals surface area contributed by atoms with Crippen molar-refractivity contribution in [2.24, 2.45) is 0 Å². The van der Waals surface area contributed by atoms with Gasteiger partial charge in [0.15, 0.2) is 11.0 Å². The first-order valence-electron chi connectivity index (χ1n) is 9.07. The van der Waals surface area contributed by atoms with Crippen LogP contribution in [0.5, 0.6) is 0 Å². The summed E-state index contributed by atoms with van der Waals surface area (Å²) in [6.45, 7) is 2.16. The van der Waals surface area contributed by atoms with E-state index in [4.69, 9.17) is 0 Å². The third kappa shape index (κ3) is 4.18. The molecule has 0 atom stereocenters. The van der Waals surface area contributed by atoms with Gasteiger partial charge in [-0.1, -0.05) is 58.9 Å². The van der Waals surface area contributed by atoms with Crippen molar-refractivity contribution in [2.75, 3.05) is 0 Å². The second-order valence-electron chi connectivity index (χ2n) is 6.31. The highest BCUT2D eigenvalue weighted by atomic mass is 79.9. The minimum Gasteiger partial charge on any atom is -0.270 e. The Labute approximate surface area is 177 Å². The zero-order valence-corrected chi connectivity index (χ0v) is 17.8. The minimum absolute atomic E-state index is 0.824. The van der Waals surface area contributed by atoms with E-state index in [9.17, 15) is 0 Å². The van der Waals surface area contributed by atoms with Gasteiger partial charge in [-0.2, -0.15) is 0 Å². The van der Waals surface area contributed by atoms with Crippen LogP contribution in [0.25, 0.3) is 17.1 Å². The smallest absolute Gasteiger partial charge is 0.196 e. The Bertz CT molecular complexity index is 1040. The molecule has 0 aliphatic carbocycles. The second-order valence-corrected chi connectivity index (χ2v) is 8.17. The molecule has 2 heterocycles. The van der Waals surface area contributed by atoms with Crippen molar-refractivity contribution < 1.29 is 0 Å². The predicted molar refractivity (Wildman–Crippen MR) is 118 cm³/mol. The second kappa shape index (κ2) is 8.71. The van der Waals surface area contributed by atoms with E-state index in [1.54, 1.807) is 24.2 Å². The average Bonchev–Trinajstić information content (AvgIpc) is 3.18. The van der Waals surface area contributed by atoms with E-state index in [2.05, 4.69) is 91.1 Å². The highest BCUT2D eigenvalue weighted by molar-refractivity contribution is 9.10. The first-order valence-corrected chi connectivity index (χ1v) is 10.8. The molecule has 0 bridgehead atoms. The highest BCUT2D eigenvalue weighted by Crippen LogP contribution is 2.30. The van der Waals surface area contributed by atoms with Crippen molar-refractivity contribution in [1.82, 2.24) is 19.7 Å². The number of benzene rings is 2. The van der Waals surface area contributed by atoms with E-state index in [1.165, 1.54) is 11.1 Å². The van der Waals surface area contributed by atoms with Crippen molar-refractivity contribution in [3.8, 4) is 17.1 Å². The van der Waals surface area contributed by atoms with Crippen LogP contribution >= 0.6 is 27.7 Å². The van der Waals surface area contributed by atoms with E-state index in [1.807, 2.05) is 12.1 Å². The molecule has 4 aromatic rings. The molecule has 0 saturated carbocycles. The molecule has 140 valence electrons. The minimum atomic E-state index is 0.824. The van der Waals surface area contributed by atoms with Gasteiger partial charge in [-0.25, -0.2) is 0 Å². The monoisotopic (exact) mass is 450 g/mol. The largest absolute Gasteiger partial charge is 0.270 e. The lowest BCUT2D eigenvalue weighted by molar-refractivity contribution is 0.885. The quantitative estimate of drug-likeness (QED) is 0.340. The van der Waals surface area contributed by atoms with Crippen molar-refractivity contribution in [3.05, 3.63) is 88.7 Å². The third-order valence-electron chi connectivity index (χ3n) is 4.46. The van der Waals surface area contributed by atoms with E-state index < -0.39 is 0 Å². The number of aromatic nitrogens is 4. The summed E-state index contributed by atoms with van der Waals surface area (Å²) in [4.78, 5) is 4.12. The summed E-state index contributed by atoms with van der Waals surface area (Å²) in [6, 6.07) is 20.9. The van der Waals surface area contributed by atoms with Gasteiger partial charge in [-0.3, -0.25) is 9.55 Å². The fourth-order valence-electron chi connectivity index (χ4n) is 2.89. The van der Waals surface area contributed by atoms with Crippen molar-refractivity contribution in [3.63, 3.8) is 0 Å². The molecular formula is C22H19BrN4S. The standard InChI is InChI=1S/C22H19BrN4S/c1-2-16-5-9-20(10-6-16)27-21(18-11-13-24-14-12-18)25-26-22(27)28-15-17-3-7-19(23)8-4-17/h3-14H,2,15H2,1H3. The number of nitrogens with zero attached hydrogens (tertiary/aromatic N) is 4. The van der Waals surface area contributed by atoms with Crippen LogP contribution in [-0.4, -0.2) is 19.7 Å². The zero-order valence-electron chi connectivity index (χ0n) is 15.4. The van der Waals surface area contributed by atoms with E-state index in [0.29, 0.717) is 0 Å². The van der Waals surface area contributed by atoms with Gasteiger partial charge in [-0.15, -0.1) is 10.2 Å². The number of pyridine rings is 1. The molecule has 2 aromatic heterocycles. The Morgan fingerprint density at radius 2 is 1.54 bits per heavy atom. The molecule has 0 aliphatic rings. The van der Waals surface area contributed by atoms with Gasteiger partial charge in [-0.05, 0) is 53.9 Å². The van der Waals surface area contributed by atoms with Gasteiger partial charge in [0, 0.05) is 33.9 Å². The van der Waals surface area contributed by atoms with Crippen molar-refractivity contribution >= 4 is 27.7 Å². The predicted octanol–water partition coefficient (Wildman–Crippen LogP) is 5.95. The fourth-order valence-corrected chi connectivity index (χ4v) is 4.07. The molecule has 0 radical (unpaired) electrons. The van der Waals surface area contributed by atoms with Crippen LogP contribution in [-0.2, 0) is 12.2 Å². The fraction of sp³-hybridized carbons (Fsp3) is 0.136. The topological polar surface area (TPSA) is 43.6 Å². The summed E-state index contributed by atoms with van der Waals surface area (Å²) in [5.41, 5.74) is 4.62. The maximum Gasteiger partial charge on any atom is 0.196 e. The third-order valence-corrected chi connectivity index (χ3v) is 5.98. The molecule has 0 saturated heterocycles. The van der Waals surface area contributed by atoms with Crippen LogP contribution < -0.4 is 0 Å². The van der Waals surface area contributed by atoms with Crippen LogP contribution in [0, 0.1) is 0 Å².